The number of hydrogen-bond acceptors (Lipinski definition) is 3. The molecular weight excluding hydrogens is 483 g/mol. The number of halogens is 3. The van der Waals surface area contributed by atoms with E-state index in [1.54, 1.807) is 48.2 Å². The maximum atomic E-state index is 13.2. The minimum atomic E-state index is -0.607. The van der Waals surface area contributed by atoms with E-state index >= 15 is 0 Å². The third-order valence-electron chi connectivity index (χ3n) is 5.82. The molecule has 33 heavy (non-hydrogen) atoms. The zero-order valence-electron chi connectivity index (χ0n) is 18.7. The Labute approximate surface area is 210 Å². The summed E-state index contributed by atoms with van der Waals surface area (Å²) in [6.45, 7) is 2.42. The zero-order valence-corrected chi connectivity index (χ0v) is 20.9. The number of carbonyl (C=O) groups excluding carboxylic acids is 2. The Hall–Kier alpha value is -1.95. The molecule has 8 heteroatoms. The van der Waals surface area contributed by atoms with Gasteiger partial charge in [0.25, 0.3) is 0 Å². The summed E-state index contributed by atoms with van der Waals surface area (Å²) in [6.07, 6.45) is 5.01. The summed E-state index contributed by atoms with van der Waals surface area (Å²) in [5.74, 6) is 0.450. The summed E-state index contributed by atoms with van der Waals surface area (Å²) < 4.78 is 5.69. The predicted octanol–water partition coefficient (Wildman–Crippen LogP) is 6.28. The summed E-state index contributed by atoms with van der Waals surface area (Å²) in [5, 5.41) is 4.60. The second kappa shape index (κ2) is 12.5. The van der Waals surface area contributed by atoms with Crippen molar-refractivity contribution in [1.82, 2.24) is 10.2 Å². The molecule has 1 fully saturated rings. The fraction of sp³-hybridized carbons (Fsp3) is 0.440. The van der Waals surface area contributed by atoms with Gasteiger partial charge in [0, 0.05) is 24.0 Å². The highest BCUT2D eigenvalue weighted by Crippen LogP contribution is 2.24. The van der Waals surface area contributed by atoms with Gasteiger partial charge in [-0.1, -0.05) is 53.7 Å². The Morgan fingerprint density at radius 3 is 2.42 bits per heavy atom. The largest absolute Gasteiger partial charge is 0.494 e. The number of carbonyl (C=O) groups is 2. The summed E-state index contributed by atoms with van der Waals surface area (Å²) in [6, 6.07) is 11.9. The Balaban J connectivity index is 1.62. The van der Waals surface area contributed by atoms with Crippen molar-refractivity contribution in [3.05, 3.63) is 63.1 Å². The van der Waals surface area contributed by atoms with Crippen molar-refractivity contribution in [1.29, 1.82) is 0 Å². The first kappa shape index (κ1) is 25.7. The molecule has 0 saturated heterocycles. The monoisotopic (exact) mass is 510 g/mol. The fourth-order valence-corrected chi connectivity index (χ4v) is 4.34. The summed E-state index contributed by atoms with van der Waals surface area (Å²) in [4.78, 5) is 27.7. The highest BCUT2D eigenvalue weighted by Gasteiger charge is 2.28. The van der Waals surface area contributed by atoms with E-state index in [4.69, 9.17) is 39.5 Å². The minimum Gasteiger partial charge on any atom is -0.494 e. The second-order valence-electron chi connectivity index (χ2n) is 8.34. The predicted molar refractivity (Wildman–Crippen MR) is 133 cm³/mol. The van der Waals surface area contributed by atoms with Crippen LogP contribution in [-0.4, -0.2) is 35.4 Å². The van der Waals surface area contributed by atoms with Gasteiger partial charge in [-0.15, -0.1) is 0 Å². The van der Waals surface area contributed by atoms with Crippen LogP contribution in [-0.2, 0) is 16.1 Å². The Bertz CT molecular complexity index is 946. The van der Waals surface area contributed by atoms with Crippen LogP contribution in [0.2, 0.25) is 15.1 Å². The minimum absolute atomic E-state index is 0.116. The summed E-state index contributed by atoms with van der Waals surface area (Å²) in [7, 11) is 0. The van der Waals surface area contributed by atoms with Crippen LogP contribution < -0.4 is 10.1 Å². The van der Waals surface area contributed by atoms with Gasteiger partial charge in [-0.3, -0.25) is 9.59 Å². The van der Waals surface area contributed by atoms with Crippen molar-refractivity contribution in [3.63, 3.8) is 0 Å². The molecule has 1 atom stereocenters. The van der Waals surface area contributed by atoms with Crippen LogP contribution in [0.5, 0.6) is 5.75 Å². The number of nitrogens with zero attached hydrogens (tertiary/aromatic N) is 1. The SMILES string of the molecule is C[C@@H](C(=O)NC1CCCC1)N(Cc1ccc(Cl)c(Cl)c1)C(=O)CCCOc1ccc(Cl)cc1. The molecule has 0 aromatic heterocycles. The molecule has 1 saturated carbocycles. The second-order valence-corrected chi connectivity index (χ2v) is 9.59. The molecule has 3 rings (SSSR count). The highest BCUT2D eigenvalue weighted by molar-refractivity contribution is 6.42. The summed E-state index contributed by atoms with van der Waals surface area (Å²) in [5.41, 5.74) is 0.815. The molecule has 0 spiro atoms. The van der Waals surface area contributed by atoms with Crippen LogP contribution in [0, 0.1) is 0 Å². The van der Waals surface area contributed by atoms with E-state index in [2.05, 4.69) is 5.32 Å². The van der Waals surface area contributed by atoms with Gasteiger partial charge in [0.15, 0.2) is 0 Å². The van der Waals surface area contributed by atoms with Crippen LogP contribution in [0.3, 0.4) is 0 Å². The molecule has 2 aromatic carbocycles. The molecule has 1 N–H and O–H groups in total. The molecule has 2 amide bonds. The smallest absolute Gasteiger partial charge is 0.242 e. The van der Waals surface area contributed by atoms with Crippen LogP contribution in [0.15, 0.2) is 42.5 Å². The first-order valence-electron chi connectivity index (χ1n) is 11.3. The molecule has 2 aromatic rings. The lowest BCUT2D eigenvalue weighted by Gasteiger charge is -2.30. The molecule has 0 bridgehead atoms. The fourth-order valence-electron chi connectivity index (χ4n) is 3.90. The number of rotatable bonds is 10. The van der Waals surface area contributed by atoms with Crippen LogP contribution >= 0.6 is 34.8 Å². The number of nitrogens with one attached hydrogen (secondary N) is 1. The lowest BCUT2D eigenvalue weighted by Crippen LogP contribution is -2.49. The van der Waals surface area contributed by atoms with E-state index in [0.29, 0.717) is 33.8 Å². The quantitative estimate of drug-likeness (QED) is 0.382. The van der Waals surface area contributed by atoms with Crippen molar-refractivity contribution < 1.29 is 14.3 Å². The first-order valence-corrected chi connectivity index (χ1v) is 12.4. The van der Waals surface area contributed by atoms with Gasteiger partial charge >= 0.3 is 0 Å². The van der Waals surface area contributed by atoms with Crippen molar-refractivity contribution in [2.75, 3.05) is 6.61 Å². The van der Waals surface area contributed by atoms with Crippen molar-refractivity contribution in [2.45, 2.75) is 64.1 Å². The average molecular weight is 512 g/mol. The Kier molecular flexibility index (Phi) is 9.72. The molecule has 0 aliphatic heterocycles. The van der Waals surface area contributed by atoms with Crippen molar-refractivity contribution in [3.8, 4) is 5.75 Å². The summed E-state index contributed by atoms with van der Waals surface area (Å²) >= 11 is 18.1. The molecule has 0 radical (unpaired) electrons. The van der Waals surface area contributed by atoms with E-state index < -0.39 is 6.04 Å². The van der Waals surface area contributed by atoms with Crippen LogP contribution in [0.1, 0.15) is 51.0 Å². The van der Waals surface area contributed by atoms with E-state index in [0.717, 1.165) is 31.2 Å². The topological polar surface area (TPSA) is 58.6 Å². The Morgan fingerprint density at radius 2 is 1.76 bits per heavy atom. The van der Waals surface area contributed by atoms with E-state index in [9.17, 15) is 9.59 Å². The molecule has 0 unspecified atom stereocenters. The molecular formula is C25H29Cl3N2O3. The zero-order chi connectivity index (χ0) is 23.8. The third-order valence-corrected chi connectivity index (χ3v) is 6.81. The molecule has 1 aliphatic rings. The van der Waals surface area contributed by atoms with E-state index in [1.807, 2.05) is 6.07 Å². The molecule has 0 heterocycles. The maximum absolute atomic E-state index is 13.2. The lowest BCUT2D eigenvalue weighted by molar-refractivity contribution is -0.141. The standard InChI is InChI=1S/C25H29Cl3N2O3/c1-17(25(32)29-20-5-2-3-6-20)30(16-18-8-13-22(27)23(28)15-18)24(31)7-4-14-33-21-11-9-19(26)10-12-21/h8-13,15,17,20H,2-7,14,16H2,1H3,(H,29,32)/t17-/m0/s1. The van der Waals surface area contributed by atoms with Gasteiger partial charge in [0.05, 0.1) is 16.7 Å². The maximum Gasteiger partial charge on any atom is 0.242 e. The van der Waals surface area contributed by atoms with Gasteiger partial charge in [-0.2, -0.15) is 0 Å². The van der Waals surface area contributed by atoms with Gasteiger partial charge in [-0.25, -0.2) is 0 Å². The number of hydrogen-bond donors (Lipinski definition) is 1. The average Bonchev–Trinajstić information content (AvgIpc) is 3.31. The van der Waals surface area contributed by atoms with Crippen molar-refractivity contribution >= 4 is 46.6 Å². The highest BCUT2D eigenvalue weighted by atomic mass is 35.5. The van der Waals surface area contributed by atoms with Crippen molar-refractivity contribution in [2.24, 2.45) is 0 Å². The van der Waals surface area contributed by atoms with Gasteiger partial charge in [0.2, 0.25) is 11.8 Å². The molecule has 1 aliphatic carbocycles. The van der Waals surface area contributed by atoms with Crippen LogP contribution in [0.25, 0.3) is 0 Å². The molecule has 5 nitrogen and oxygen atoms in total. The van der Waals surface area contributed by atoms with Crippen LogP contribution in [0.4, 0.5) is 0 Å². The number of amides is 2. The number of benzene rings is 2. The lowest BCUT2D eigenvalue weighted by atomic mass is 10.1. The Morgan fingerprint density at radius 1 is 1.06 bits per heavy atom. The normalized spacial score (nSPS) is 14.7. The van der Waals surface area contributed by atoms with E-state index in [-0.39, 0.29) is 30.8 Å². The molecule has 178 valence electrons. The van der Waals surface area contributed by atoms with E-state index in [1.165, 1.54) is 0 Å². The van der Waals surface area contributed by atoms with Gasteiger partial charge < -0.3 is 15.0 Å². The number of ether oxygens (including phenoxy) is 1. The first-order chi connectivity index (χ1) is 15.8. The third kappa shape index (κ3) is 7.80. The van der Waals surface area contributed by atoms with Gasteiger partial charge in [0.1, 0.15) is 11.8 Å². The van der Waals surface area contributed by atoms with Gasteiger partial charge in [-0.05, 0) is 68.1 Å².